The largest absolute Gasteiger partial charge is 0.466 e. The van der Waals surface area contributed by atoms with E-state index in [1.54, 1.807) is 22.2 Å². The lowest BCUT2D eigenvalue weighted by Gasteiger charge is -2.30. The topological polar surface area (TPSA) is 72.8 Å². The first-order chi connectivity index (χ1) is 12.8. The van der Waals surface area contributed by atoms with E-state index in [4.69, 9.17) is 4.42 Å². The van der Waals surface area contributed by atoms with E-state index in [0.29, 0.717) is 11.6 Å². The Labute approximate surface area is 157 Å². The predicted molar refractivity (Wildman–Crippen MR) is 102 cm³/mol. The number of amides is 1. The lowest BCUT2D eigenvalue weighted by molar-refractivity contribution is 0.0678. The molecule has 0 aliphatic carbocycles. The minimum absolute atomic E-state index is 0.107. The Morgan fingerprint density at radius 1 is 1.30 bits per heavy atom. The van der Waals surface area contributed by atoms with Crippen LogP contribution in [-0.4, -0.2) is 37.8 Å². The molecule has 0 radical (unpaired) electrons. The van der Waals surface area contributed by atoms with Crippen LogP contribution in [0.5, 0.6) is 0 Å². The Bertz CT molecular complexity index is 1090. The number of nitrogens with zero attached hydrogens (tertiary/aromatic N) is 4. The average Bonchev–Trinajstić information content (AvgIpc) is 3.20. The van der Waals surface area contributed by atoms with Crippen molar-refractivity contribution in [2.45, 2.75) is 33.6 Å². The highest BCUT2D eigenvalue weighted by Crippen LogP contribution is 2.26. The first kappa shape index (κ1) is 17.6. The summed E-state index contributed by atoms with van der Waals surface area (Å²) in [5.41, 5.74) is 1.92. The Hall–Kier alpha value is -2.83. The number of fused-ring (bicyclic) bond motifs is 1. The molecule has 0 N–H and O–H groups in total. The van der Waals surface area contributed by atoms with Gasteiger partial charge in [-0.05, 0) is 38.7 Å². The fourth-order valence-corrected chi connectivity index (χ4v) is 3.90. The van der Waals surface area contributed by atoms with Gasteiger partial charge in [-0.2, -0.15) is 0 Å². The summed E-state index contributed by atoms with van der Waals surface area (Å²) < 4.78 is 8.81. The summed E-state index contributed by atoms with van der Waals surface area (Å²) in [6.07, 6.45) is 5.63. The number of rotatable bonds is 2. The molecule has 7 nitrogen and oxygen atoms in total. The molecule has 0 spiro atoms. The van der Waals surface area contributed by atoms with Gasteiger partial charge in [-0.15, -0.1) is 0 Å². The molecule has 1 fully saturated rings. The zero-order valence-corrected chi connectivity index (χ0v) is 16.2. The smallest absolute Gasteiger partial charge is 0.294 e. The zero-order chi connectivity index (χ0) is 19.3. The summed E-state index contributed by atoms with van der Waals surface area (Å²) in [6.45, 7) is 7.38. The molecule has 4 rings (SSSR count). The van der Waals surface area contributed by atoms with Crippen molar-refractivity contribution in [2.24, 2.45) is 13.0 Å². The summed E-state index contributed by atoms with van der Waals surface area (Å²) in [5, 5.41) is 0. The molecule has 4 heterocycles. The average molecular weight is 368 g/mol. The Morgan fingerprint density at radius 2 is 2.07 bits per heavy atom. The lowest BCUT2D eigenvalue weighted by Crippen LogP contribution is -2.39. The number of carbonyl (C=O) groups is 1. The van der Waals surface area contributed by atoms with Gasteiger partial charge < -0.3 is 13.9 Å². The van der Waals surface area contributed by atoms with Crippen molar-refractivity contribution in [2.75, 3.05) is 13.1 Å². The maximum absolute atomic E-state index is 12.8. The minimum atomic E-state index is -0.239. The number of aryl methyl sites for hydroxylation is 2. The van der Waals surface area contributed by atoms with Crippen LogP contribution in [0.3, 0.4) is 0 Å². The van der Waals surface area contributed by atoms with Crippen LogP contribution in [0.1, 0.15) is 41.8 Å². The number of carbonyl (C=O) groups excluding carboxylic acids is 1. The number of piperidine rings is 1. The normalized spacial score (nSPS) is 17.6. The van der Waals surface area contributed by atoms with Gasteiger partial charge in [-0.1, -0.05) is 6.92 Å². The SMILES string of the molecule is Cc1cc(-c2cn3cc(C(=O)N4CCC[C@H](C)C4)nc3c(=O)n2C)c(C)o1. The molecule has 0 saturated carbocycles. The van der Waals surface area contributed by atoms with E-state index in [-0.39, 0.29) is 17.1 Å². The summed E-state index contributed by atoms with van der Waals surface area (Å²) in [5.74, 6) is 1.92. The highest BCUT2D eigenvalue weighted by atomic mass is 16.3. The summed E-state index contributed by atoms with van der Waals surface area (Å²) in [6, 6.07) is 1.91. The van der Waals surface area contributed by atoms with Crippen LogP contribution in [0, 0.1) is 19.8 Å². The van der Waals surface area contributed by atoms with Crippen molar-refractivity contribution in [3.63, 3.8) is 0 Å². The van der Waals surface area contributed by atoms with E-state index in [0.717, 1.165) is 48.7 Å². The van der Waals surface area contributed by atoms with Gasteiger partial charge in [0.2, 0.25) is 5.65 Å². The monoisotopic (exact) mass is 368 g/mol. The van der Waals surface area contributed by atoms with Crippen LogP contribution in [0.15, 0.2) is 27.7 Å². The number of hydrogen-bond donors (Lipinski definition) is 0. The Kier molecular flexibility index (Phi) is 4.17. The summed E-state index contributed by atoms with van der Waals surface area (Å²) >= 11 is 0. The van der Waals surface area contributed by atoms with Crippen LogP contribution < -0.4 is 5.56 Å². The molecule has 3 aromatic heterocycles. The van der Waals surface area contributed by atoms with Gasteiger partial charge in [0.25, 0.3) is 11.5 Å². The molecular formula is C20H24N4O3. The van der Waals surface area contributed by atoms with Crippen LogP contribution in [-0.2, 0) is 7.05 Å². The van der Waals surface area contributed by atoms with Crippen molar-refractivity contribution in [3.05, 3.63) is 46.0 Å². The maximum atomic E-state index is 12.8. The van der Waals surface area contributed by atoms with E-state index in [1.807, 2.05) is 31.0 Å². The van der Waals surface area contributed by atoms with Crippen molar-refractivity contribution < 1.29 is 9.21 Å². The zero-order valence-electron chi connectivity index (χ0n) is 16.2. The number of aromatic nitrogens is 3. The molecule has 0 aromatic carbocycles. The second-order valence-corrected chi connectivity index (χ2v) is 7.56. The van der Waals surface area contributed by atoms with Gasteiger partial charge in [-0.3, -0.25) is 14.0 Å². The molecule has 1 aliphatic heterocycles. The minimum Gasteiger partial charge on any atom is -0.466 e. The highest BCUT2D eigenvalue weighted by Gasteiger charge is 2.25. The molecule has 142 valence electrons. The van der Waals surface area contributed by atoms with Crippen LogP contribution in [0.25, 0.3) is 16.9 Å². The van der Waals surface area contributed by atoms with E-state index >= 15 is 0 Å². The third kappa shape index (κ3) is 2.97. The van der Waals surface area contributed by atoms with Crippen molar-refractivity contribution in [1.82, 2.24) is 18.9 Å². The van der Waals surface area contributed by atoms with E-state index in [2.05, 4.69) is 11.9 Å². The quantitative estimate of drug-likeness (QED) is 0.697. The molecule has 27 heavy (non-hydrogen) atoms. The second kappa shape index (κ2) is 6.40. The van der Waals surface area contributed by atoms with Gasteiger partial charge in [0.15, 0.2) is 0 Å². The van der Waals surface area contributed by atoms with Gasteiger partial charge in [0, 0.05) is 38.1 Å². The molecule has 7 heteroatoms. The van der Waals surface area contributed by atoms with Gasteiger partial charge in [-0.25, -0.2) is 4.98 Å². The van der Waals surface area contributed by atoms with E-state index < -0.39 is 0 Å². The lowest BCUT2D eigenvalue weighted by atomic mass is 10.0. The number of imidazole rings is 1. The highest BCUT2D eigenvalue weighted by molar-refractivity contribution is 5.93. The third-order valence-corrected chi connectivity index (χ3v) is 5.33. The molecular weight excluding hydrogens is 344 g/mol. The summed E-state index contributed by atoms with van der Waals surface area (Å²) in [7, 11) is 1.71. The van der Waals surface area contributed by atoms with Crippen molar-refractivity contribution in [1.29, 1.82) is 0 Å². The van der Waals surface area contributed by atoms with Gasteiger partial charge in [0.05, 0.1) is 5.69 Å². The second-order valence-electron chi connectivity index (χ2n) is 7.56. The molecule has 0 unspecified atom stereocenters. The van der Waals surface area contributed by atoms with Crippen molar-refractivity contribution >= 4 is 11.6 Å². The first-order valence-corrected chi connectivity index (χ1v) is 9.30. The molecule has 1 aliphatic rings. The van der Waals surface area contributed by atoms with E-state index in [9.17, 15) is 9.59 Å². The van der Waals surface area contributed by atoms with Crippen LogP contribution in [0.4, 0.5) is 0 Å². The van der Waals surface area contributed by atoms with Crippen molar-refractivity contribution in [3.8, 4) is 11.3 Å². The van der Waals surface area contributed by atoms with Crippen LogP contribution in [0.2, 0.25) is 0 Å². The number of furan rings is 1. The molecule has 1 saturated heterocycles. The Morgan fingerprint density at radius 3 is 2.74 bits per heavy atom. The van der Waals surface area contributed by atoms with E-state index in [1.165, 1.54) is 0 Å². The van der Waals surface area contributed by atoms with Gasteiger partial charge in [0.1, 0.15) is 17.2 Å². The van der Waals surface area contributed by atoms with Crippen LogP contribution >= 0.6 is 0 Å². The predicted octanol–water partition coefficient (Wildman–Crippen LogP) is 2.78. The fourth-order valence-electron chi connectivity index (χ4n) is 3.90. The standard InChI is InChI=1S/C20H24N4O3/c1-12-6-5-7-23(9-12)19(25)16-10-24-11-17(15-8-13(2)27-14(15)3)22(4)20(26)18(24)21-16/h8,10-12H,5-7,9H2,1-4H3/t12-/m0/s1. The molecule has 1 atom stereocenters. The first-order valence-electron chi connectivity index (χ1n) is 9.30. The maximum Gasteiger partial charge on any atom is 0.294 e. The number of hydrogen-bond acceptors (Lipinski definition) is 4. The Balaban J connectivity index is 1.79. The summed E-state index contributed by atoms with van der Waals surface area (Å²) in [4.78, 5) is 31.9. The fraction of sp³-hybridized carbons (Fsp3) is 0.450. The third-order valence-electron chi connectivity index (χ3n) is 5.33. The van der Waals surface area contributed by atoms with Gasteiger partial charge >= 0.3 is 0 Å². The molecule has 3 aromatic rings. The molecule has 1 amide bonds. The number of likely N-dealkylation sites (tertiary alicyclic amines) is 1. The molecule has 0 bridgehead atoms.